The Morgan fingerprint density at radius 3 is 2.50 bits per heavy atom. The first-order chi connectivity index (χ1) is 10.7. The standard InChI is InChI=1S/C18H30N2O2/c1-3-17(18(21)20-16-9-11-22-12-10-16)14(2)19-13-15-7-5-4-6-8-15/h3,15-16H,4-13H2,1-2H3,(H,20,21)/b17-3+,19-14?. The van der Waals surface area contributed by atoms with Gasteiger partial charge in [0.05, 0.1) is 5.57 Å². The number of allylic oxidation sites excluding steroid dienone is 1. The quantitative estimate of drug-likeness (QED) is 0.626. The summed E-state index contributed by atoms with van der Waals surface area (Å²) < 4.78 is 5.33. The normalized spacial score (nSPS) is 22.6. The number of amides is 1. The maximum Gasteiger partial charge on any atom is 0.252 e. The van der Waals surface area contributed by atoms with E-state index in [0.717, 1.165) is 43.9 Å². The minimum atomic E-state index is 0.0132. The number of aliphatic imine (C=N–C) groups is 1. The van der Waals surface area contributed by atoms with Gasteiger partial charge in [0.25, 0.3) is 5.91 Å². The van der Waals surface area contributed by atoms with E-state index in [1.807, 2.05) is 19.9 Å². The van der Waals surface area contributed by atoms with Crippen LogP contribution in [0.3, 0.4) is 0 Å². The molecule has 1 N–H and O–H groups in total. The van der Waals surface area contributed by atoms with E-state index in [1.54, 1.807) is 0 Å². The first-order valence-electron chi connectivity index (χ1n) is 8.77. The molecule has 0 radical (unpaired) electrons. The molecule has 4 heteroatoms. The number of ether oxygens (including phenoxy) is 1. The first kappa shape index (κ1) is 17.2. The van der Waals surface area contributed by atoms with Crippen LogP contribution < -0.4 is 5.32 Å². The van der Waals surface area contributed by atoms with Gasteiger partial charge >= 0.3 is 0 Å². The number of nitrogens with zero attached hydrogens (tertiary/aromatic N) is 1. The van der Waals surface area contributed by atoms with Crippen molar-refractivity contribution in [3.8, 4) is 0 Å². The van der Waals surface area contributed by atoms with Crippen LogP contribution in [0.1, 0.15) is 58.8 Å². The molecule has 4 nitrogen and oxygen atoms in total. The van der Waals surface area contributed by atoms with Crippen molar-refractivity contribution < 1.29 is 9.53 Å². The zero-order valence-corrected chi connectivity index (χ0v) is 14.1. The average Bonchev–Trinajstić information content (AvgIpc) is 2.55. The molecule has 1 aliphatic carbocycles. The topological polar surface area (TPSA) is 50.7 Å². The highest BCUT2D eigenvalue weighted by molar-refractivity contribution is 6.20. The molecule has 0 unspecified atom stereocenters. The Morgan fingerprint density at radius 1 is 1.18 bits per heavy atom. The molecule has 0 atom stereocenters. The summed E-state index contributed by atoms with van der Waals surface area (Å²) in [5.74, 6) is 0.722. The zero-order valence-electron chi connectivity index (χ0n) is 14.1. The lowest BCUT2D eigenvalue weighted by atomic mass is 9.89. The highest BCUT2D eigenvalue weighted by Crippen LogP contribution is 2.23. The second-order valence-corrected chi connectivity index (χ2v) is 6.49. The van der Waals surface area contributed by atoms with Gasteiger partial charge in [-0.05, 0) is 45.4 Å². The van der Waals surface area contributed by atoms with Crippen molar-refractivity contribution in [1.82, 2.24) is 5.32 Å². The molecule has 1 heterocycles. The third-order valence-corrected chi connectivity index (χ3v) is 4.79. The van der Waals surface area contributed by atoms with Crippen LogP contribution in [0.25, 0.3) is 0 Å². The molecule has 0 aromatic rings. The Morgan fingerprint density at radius 2 is 1.86 bits per heavy atom. The van der Waals surface area contributed by atoms with Gasteiger partial charge in [-0.15, -0.1) is 0 Å². The molecule has 0 bridgehead atoms. The van der Waals surface area contributed by atoms with E-state index in [0.29, 0.717) is 5.92 Å². The molecule has 0 aromatic carbocycles. The van der Waals surface area contributed by atoms with Crippen molar-refractivity contribution in [2.24, 2.45) is 10.9 Å². The molecule has 0 spiro atoms. The van der Waals surface area contributed by atoms with Crippen molar-refractivity contribution >= 4 is 11.6 Å². The number of carbonyl (C=O) groups excluding carboxylic acids is 1. The van der Waals surface area contributed by atoms with Crippen LogP contribution >= 0.6 is 0 Å². The van der Waals surface area contributed by atoms with Crippen LogP contribution in [0.15, 0.2) is 16.6 Å². The molecule has 1 saturated heterocycles. The number of hydrogen-bond donors (Lipinski definition) is 1. The number of carbonyl (C=O) groups is 1. The highest BCUT2D eigenvalue weighted by Gasteiger charge is 2.19. The zero-order chi connectivity index (χ0) is 15.8. The molecule has 2 rings (SSSR count). The summed E-state index contributed by atoms with van der Waals surface area (Å²) in [6, 6.07) is 0.238. The van der Waals surface area contributed by atoms with E-state index in [9.17, 15) is 4.79 Å². The summed E-state index contributed by atoms with van der Waals surface area (Å²) in [6.07, 6.45) is 10.3. The van der Waals surface area contributed by atoms with Crippen LogP contribution in [0.2, 0.25) is 0 Å². The fourth-order valence-electron chi connectivity index (χ4n) is 3.33. The van der Waals surface area contributed by atoms with Crippen LogP contribution in [0.4, 0.5) is 0 Å². The van der Waals surface area contributed by atoms with E-state index < -0.39 is 0 Å². The van der Waals surface area contributed by atoms with Crippen molar-refractivity contribution in [1.29, 1.82) is 0 Å². The highest BCUT2D eigenvalue weighted by atomic mass is 16.5. The summed E-state index contributed by atoms with van der Waals surface area (Å²) in [5, 5.41) is 3.12. The van der Waals surface area contributed by atoms with E-state index in [4.69, 9.17) is 9.73 Å². The third-order valence-electron chi connectivity index (χ3n) is 4.79. The molecule has 22 heavy (non-hydrogen) atoms. The Balaban J connectivity index is 1.86. The Labute approximate surface area is 134 Å². The predicted octanol–water partition coefficient (Wildman–Crippen LogP) is 3.27. The van der Waals surface area contributed by atoms with Gasteiger partial charge in [0.1, 0.15) is 0 Å². The fraction of sp³-hybridized carbons (Fsp3) is 0.778. The summed E-state index contributed by atoms with van der Waals surface area (Å²) >= 11 is 0. The summed E-state index contributed by atoms with van der Waals surface area (Å²) in [5.41, 5.74) is 1.60. The van der Waals surface area contributed by atoms with Gasteiger partial charge in [0, 0.05) is 31.5 Å². The van der Waals surface area contributed by atoms with Gasteiger partial charge in [0.2, 0.25) is 0 Å². The van der Waals surface area contributed by atoms with Crippen LogP contribution in [-0.4, -0.2) is 37.4 Å². The molecule has 1 amide bonds. The number of rotatable bonds is 5. The van der Waals surface area contributed by atoms with Crippen molar-refractivity contribution in [3.05, 3.63) is 11.6 Å². The minimum Gasteiger partial charge on any atom is -0.381 e. The largest absolute Gasteiger partial charge is 0.381 e. The Hall–Kier alpha value is -1.16. The lowest BCUT2D eigenvalue weighted by Gasteiger charge is -2.24. The van der Waals surface area contributed by atoms with Gasteiger partial charge < -0.3 is 10.1 Å². The van der Waals surface area contributed by atoms with E-state index in [-0.39, 0.29) is 11.9 Å². The summed E-state index contributed by atoms with van der Waals surface area (Å²) in [4.78, 5) is 17.1. The molecular weight excluding hydrogens is 276 g/mol. The predicted molar refractivity (Wildman–Crippen MR) is 90.3 cm³/mol. The Kier molecular flexibility index (Phi) is 7.10. The molecule has 0 aromatic heterocycles. The first-order valence-corrected chi connectivity index (χ1v) is 8.77. The lowest BCUT2D eigenvalue weighted by Crippen LogP contribution is -2.40. The molecule has 2 fully saturated rings. The van der Waals surface area contributed by atoms with Crippen molar-refractivity contribution in [2.75, 3.05) is 19.8 Å². The maximum absolute atomic E-state index is 12.4. The van der Waals surface area contributed by atoms with E-state index in [1.165, 1.54) is 32.1 Å². The second-order valence-electron chi connectivity index (χ2n) is 6.49. The molecule has 1 saturated carbocycles. The number of nitrogens with one attached hydrogen (secondary N) is 1. The van der Waals surface area contributed by atoms with Gasteiger partial charge in [-0.1, -0.05) is 25.3 Å². The van der Waals surface area contributed by atoms with Crippen molar-refractivity contribution in [2.45, 2.75) is 64.8 Å². The summed E-state index contributed by atoms with van der Waals surface area (Å²) in [7, 11) is 0. The maximum atomic E-state index is 12.4. The average molecular weight is 306 g/mol. The summed E-state index contributed by atoms with van der Waals surface area (Å²) in [6.45, 7) is 6.23. The molecule has 124 valence electrons. The second kappa shape index (κ2) is 9.09. The fourth-order valence-corrected chi connectivity index (χ4v) is 3.33. The van der Waals surface area contributed by atoms with E-state index in [2.05, 4.69) is 5.32 Å². The smallest absolute Gasteiger partial charge is 0.252 e. The van der Waals surface area contributed by atoms with Gasteiger partial charge in [-0.25, -0.2) is 0 Å². The van der Waals surface area contributed by atoms with E-state index >= 15 is 0 Å². The monoisotopic (exact) mass is 306 g/mol. The lowest BCUT2D eigenvalue weighted by molar-refractivity contribution is -0.118. The number of hydrogen-bond acceptors (Lipinski definition) is 3. The SMILES string of the molecule is C/C=C(/C(=O)NC1CCOCC1)C(C)=NCC1CCCCC1. The van der Waals surface area contributed by atoms with Crippen LogP contribution in [0.5, 0.6) is 0 Å². The van der Waals surface area contributed by atoms with Crippen LogP contribution in [-0.2, 0) is 9.53 Å². The van der Waals surface area contributed by atoms with Gasteiger partial charge in [-0.3, -0.25) is 9.79 Å². The molecule has 1 aliphatic heterocycles. The van der Waals surface area contributed by atoms with Crippen molar-refractivity contribution in [3.63, 3.8) is 0 Å². The molecular formula is C18H30N2O2. The van der Waals surface area contributed by atoms with Gasteiger partial charge in [0.15, 0.2) is 0 Å². The minimum absolute atomic E-state index is 0.0132. The van der Waals surface area contributed by atoms with Gasteiger partial charge in [-0.2, -0.15) is 0 Å². The van der Waals surface area contributed by atoms with Crippen LogP contribution in [0, 0.1) is 5.92 Å². The molecule has 2 aliphatic rings. The third kappa shape index (κ3) is 5.24. The Bertz CT molecular complexity index is 417.